The van der Waals surface area contributed by atoms with Crippen LogP contribution in [0.3, 0.4) is 0 Å². The fraction of sp³-hybridized carbons (Fsp3) is 0.250. The van der Waals surface area contributed by atoms with Crippen molar-refractivity contribution in [3.8, 4) is 11.3 Å². The van der Waals surface area contributed by atoms with E-state index in [0.717, 1.165) is 18.0 Å². The standard InChI is InChI=1S/C24H21F4N7O/c1-13(15-3-4-17(25)20-16(22(36)29-2)6-8-31-21(15)20)5-7-30-19-9-18(34-12-35-19)14-10-32-23(33-11-14)24(26,27)28/h3-4,6,8-13H,5,7H2,1-2H3,(H,29,36)(H,30,34,35). The number of alkyl halides is 3. The van der Waals surface area contributed by atoms with Gasteiger partial charge in [0.1, 0.15) is 18.0 Å². The molecule has 1 amide bonds. The minimum Gasteiger partial charge on any atom is -0.370 e. The van der Waals surface area contributed by atoms with Crippen molar-refractivity contribution in [1.29, 1.82) is 0 Å². The van der Waals surface area contributed by atoms with Crippen molar-refractivity contribution in [2.24, 2.45) is 0 Å². The number of pyridine rings is 1. The molecule has 1 unspecified atom stereocenters. The van der Waals surface area contributed by atoms with Gasteiger partial charge in [-0.15, -0.1) is 0 Å². The first kappa shape index (κ1) is 24.9. The zero-order chi connectivity index (χ0) is 25.9. The number of carbonyl (C=O) groups excluding carboxylic acids is 1. The lowest BCUT2D eigenvalue weighted by Crippen LogP contribution is -2.19. The molecule has 2 N–H and O–H groups in total. The van der Waals surface area contributed by atoms with Gasteiger partial charge in [-0.05, 0) is 30.0 Å². The molecule has 0 bridgehead atoms. The maximum absolute atomic E-state index is 14.6. The number of amides is 1. The third-order valence-electron chi connectivity index (χ3n) is 5.63. The zero-order valence-corrected chi connectivity index (χ0v) is 19.3. The van der Waals surface area contributed by atoms with Gasteiger partial charge in [-0.3, -0.25) is 9.78 Å². The summed E-state index contributed by atoms with van der Waals surface area (Å²) in [6.07, 6.45) is 0.885. The Bertz CT molecular complexity index is 1390. The molecule has 8 nitrogen and oxygen atoms in total. The predicted molar refractivity (Wildman–Crippen MR) is 125 cm³/mol. The normalized spacial score (nSPS) is 12.4. The molecule has 1 aromatic carbocycles. The Labute approximate surface area is 203 Å². The van der Waals surface area contributed by atoms with Crippen LogP contribution in [0, 0.1) is 5.82 Å². The molecule has 36 heavy (non-hydrogen) atoms. The molecule has 0 aliphatic heterocycles. The van der Waals surface area contributed by atoms with Crippen LogP contribution in [0.15, 0.2) is 49.2 Å². The number of hydrogen-bond donors (Lipinski definition) is 2. The van der Waals surface area contributed by atoms with Crippen LogP contribution < -0.4 is 10.6 Å². The van der Waals surface area contributed by atoms with Crippen molar-refractivity contribution < 1.29 is 22.4 Å². The maximum atomic E-state index is 14.6. The predicted octanol–water partition coefficient (Wildman–Crippen LogP) is 4.61. The van der Waals surface area contributed by atoms with E-state index < -0.39 is 23.7 Å². The van der Waals surface area contributed by atoms with Crippen molar-refractivity contribution in [1.82, 2.24) is 30.2 Å². The van der Waals surface area contributed by atoms with Crippen molar-refractivity contribution in [3.63, 3.8) is 0 Å². The van der Waals surface area contributed by atoms with Crippen LogP contribution in [0.1, 0.15) is 41.0 Å². The van der Waals surface area contributed by atoms with Gasteiger partial charge in [-0.2, -0.15) is 13.2 Å². The molecule has 1 atom stereocenters. The molecular formula is C24H21F4N7O. The van der Waals surface area contributed by atoms with Crippen LogP contribution in [0.2, 0.25) is 0 Å². The van der Waals surface area contributed by atoms with E-state index >= 15 is 0 Å². The molecule has 0 fully saturated rings. The second-order valence-corrected chi connectivity index (χ2v) is 8.00. The molecule has 12 heteroatoms. The molecule has 0 spiro atoms. The van der Waals surface area contributed by atoms with Gasteiger partial charge in [-0.1, -0.05) is 13.0 Å². The van der Waals surface area contributed by atoms with Gasteiger partial charge < -0.3 is 10.6 Å². The number of hydrogen-bond acceptors (Lipinski definition) is 7. The summed E-state index contributed by atoms with van der Waals surface area (Å²) in [5, 5.41) is 5.85. The first-order valence-electron chi connectivity index (χ1n) is 10.9. The number of carbonyl (C=O) groups is 1. The number of rotatable bonds is 7. The monoisotopic (exact) mass is 499 g/mol. The lowest BCUT2D eigenvalue weighted by molar-refractivity contribution is -0.144. The Morgan fingerprint density at radius 1 is 1.06 bits per heavy atom. The number of fused-ring (bicyclic) bond motifs is 1. The van der Waals surface area contributed by atoms with Gasteiger partial charge in [0.25, 0.3) is 5.91 Å². The van der Waals surface area contributed by atoms with E-state index in [4.69, 9.17) is 0 Å². The SMILES string of the molecule is CNC(=O)c1ccnc2c(C(C)CCNc3cc(-c4cnc(C(F)(F)F)nc4)ncn3)ccc(F)c12. The van der Waals surface area contributed by atoms with Crippen LogP contribution in [-0.2, 0) is 6.18 Å². The molecule has 4 rings (SSSR count). The number of nitrogens with one attached hydrogen (secondary N) is 2. The number of halogens is 4. The van der Waals surface area contributed by atoms with Crippen LogP contribution in [-0.4, -0.2) is 44.4 Å². The molecule has 3 aromatic heterocycles. The second-order valence-electron chi connectivity index (χ2n) is 8.00. The maximum Gasteiger partial charge on any atom is 0.451 e. The highest BCUT2D eigenvalue weighted by Gasteiger charge is 2.34. The summed E-state index contributed by atoms with van der Waals surface area (Å²) in [4.78, 5) is 31.5. The number of aromatic nitrogens is 5. The third kappa shape index (κ3) is 5.21. The summed E-state index contributed by atoms with van der Waals surface area (Å²) in [5.74, 6) is -1.72. The first-order valence-corrected chi connectivity index (χ1v) is 10.9. The summed E-state index contributed by atoms with van der Waals surface area (Å²) in [5.41, 5.74) is 2.12. The van der Waals surface area contributed by atoms with Crippen molar-refractivity contribution in [2.45, 2.75) is 25.4 Å². The highest BCUT2D eigenvalue weighted by atomic mass is 19.4. The van der Waals surface area contributed by atoms with Crippen LogP contribution in [0.4, 0.5) is 23.4 Å². The third-order valence-corrected chi connectivity index (χ3v) is 5.63. The van der Waals surface area contributed by atoms with E-state index in [1.165, 1.54) is 31.7 Å². The summed E-state index contributed by atoms with van der Waals surface area (Å²) < 4.78 is 52.7. The molecular weight excluding hydrogens is 478 g/mol. The Hall–Kier alpha value is -4.22. The largest absolute Gasteiger partial charge is 0.451 e. The molecule has 4 aromatic rings. The van der Waals surface area contributed by atoms with Gasteiger partial charge >= 0.3 is 6.18 Å². The van der Waals surface area contributed by atoms with E-state index in [1.807, 2.05) is 6.92 Å². The Morgan fingerprint density at radius 2 is 1.81 bits per heavy atom. The molecule has 0 aliphatic rings. The Kier molecular flexibility index (Phi) is 7.04. The van der Waals surface area contributed by atoms with Crippen LogP contribution in [0.25, 0.3) is 22.2 Å². The van der Waals surface area contributed by atoms with Crippen LogP contribution >= 0.6 is 0 Å². The summed E-state index contributed by atoms with van der Waals surface area (Å²) >= 11 is 0. The lowest BCUT2D eigenvalue weighted by atomic mass is 9.93. The fourth-order valence-corrected chi connectivity index (χ4v) is 3.76. The highest BCUT2D eigenvalue weighted by molar-refractivity contribution is 6.06. The zero-order valence-electron chi connectivity index (χ0n) is 19.3. The Balaban J connectivity index is 1.47. The molecule has 0 radical (unpaired) electrons. The topological polar surface area (TPSA) is 106 Å². The summed E-state index contributed by atoms with van der Waals surface area (Å²) in [6, 6.07) is 6.06. The van der Waals surface area contributed by atoms with Gasteiger partial charge in [0.15, 0.2) is 0 Å². The van der Waals surface area contributed by atoms with Crippen molar-refractivity contribution in [3.05, 3.63) is 72.0 Å². The number of benzene rings is 1. The molecule has 3 heterocycles. The van der Waals surface area contributed by atoms with Crippen molar-refractivity contribution in [2.75, 3.05) is 18.9 Å². The minimum absolute atomic E-state index is 0.0438. The van der Waals surface area contributed by atoms with Crippen LogP contribution in [0.5, 0.6) is 0 Å². The van der Waals surface area contributed by atoms with E-state index in [-0.39, 0.29) is 16.9 Å². The minimum atomic E-state index is -4.62. The molecule has 0 saturated heterocycles. The summed E-state index contributed by atoms with van der Waals surface area (Å²) in [7, 11) is 1.48. The summed E-state index contributed by atoms with van der Waals surface area (Å²) in [6.45, 7) is 2.45. The van der Waals surface area contributed by atoms with Gasteiger partial charge in [0, 0.05) is 49.2 Å². The van der Waals surface area contributed by atoms with Gasteiger partial charge in [-0.25, -0.2) is 24.3 Å². The molecule has 0 aliphatic carbocycles. The van der Waals surface area contributed by atoms with Gasteiger partial charge in [0.05, 0.1) is 16.8 Å². The van der Waals surface area contributed by atoms with Gasteiger partial charge in [0.2, 0.25) is 5.82 Å². The van der Waals surface area contributed by atoms with E-state index in [1.54, 1.807) is 12.1 Å². The first-order chi connectivity index (χ1) is 17.2. The second kappa shape index (κ2) is 10.2. The molecule has 0 saturated carbocycles. The number of nitrogens with zero attached hydrogens (tertiary/aromatic N) is 5. The molecule has 186 valence electrons. The quantitative estimate of drug-likeness (QED) is 0.358. The highest BCUT2D eigenvalue weighted by Crippen LogP contribution is 2.30. The lowest BCUT2D eigenvalue weighted by Gasteiger charge is -2.16. The van der Waals surface area contributed by atoms with Crippen molar-refractivity contribution >= 4 is 22.6 Å². The Morgan fingerprint density at radius 3 is 2.50 bits per heavy atom. The fourth-order valence-electron chi connectivity index (χ4n) is 3.76. The number of anilines is 1. The van der Waals surface area contributed by atoms with E-state index in [2.05, 4.69) is 35.6 Å². The average Bonchev–Trinajstić information content (AvgIpc) is 2.88. The smallest absolute Gasteiger partial charge is 0.370 e. The average molecular weight is 499 g/mol. The van der Waals surface area contributed by atoms with E-state index in [9.17, 15) is 22.4 Å². The van der Waals surface area contributed by atoms with E-state index in [0.29, 0.717) is 35.6 Å².